The zero-order chi connectivity index (χ0) is 17.5. The molecule has 25 heavy (non-hydrogen) atoms. The number of carbonyl (C=O) groups excluding carboxylic acids is 1. The van der Waals surface area contributed by atoms with Crippen LogP contribution in [0.3, 0.4) is 0 Å². The average Bonchev–Trinajstić information content (AvgIpc) is 2.63. The van der Waals surface area contributed by atoms with E-state index in [1.165, 1.54) is 32.1 Å². The van der Waals surface area contributed by atoms with Gasteiger partial charge < -0.3 is 20.1 Å². The Kier molecular flexibility index (Phi) is 6.50. The molecule has 0 aromatic carbocycles. The number of nitrogens with one attached hydrogen (secondary N) is 2. The fraction of sp³-hybridized carbons (Fsp3) is 0.684. The lowest BCUT2D eigenvalue weighted by Crippen LogP contribution is -2.43. The highest BCUT2D eigenvalue weighted by molar-refractivity contribution is 5.89. The van der Waals surface area contributed by atoms with Gasteiger partial charge in [-0.2, -0.15) is 0 Å². The summed E-state index contributed by atoms with van der Waals surface area (Å²) in [5, 5.41) is 5.99. The smallest absolute Gasteiger partial charge is 0.319 e. The Morgan fingerprint density at radius 3 is 2.76 bits per heavy atom. The van der Waals surface area contributed by atoms with Gasteiger partial charge in [0.2, 0.25) is 5.88 Å². The molecule has 1 aromatic heterocycles. The second-order valence-corrected chi connectivity index (χ2v) is 7.14. The van der Waals surface area contributed by atoms with Gasteiger partial charge in [0.05, 0.1) is 18.5 Å². The first-order valence-corrected chi connectivity index (χ1v) is 9.40. The second-order valence-electron chi connectivity index (χ2n) is 7.14. The molecule has 0 spiro atoms. The summed E-state index contributed by atoms with van der Waals surface area (Å²) in [6.45, 7) is 0.980. The van der Waals surface area contributed by atoms with Gasteiger partial charge in [0.15, 0.2) is 0 Å². The van der Waals surface area contributed by atoms with Gasteiger partial charge in [0.1, 0.15) is 6.61 Å². The highest BCUT2D eigenvalue weighted by atomic mass is 16.5. The minimum atomic E-state index is -0.144. The third kappa shape index (κ3) is 5.33. The van der Waals surface area contributed by atoms with Crippen LogP contribution in [0.2, 0.25) is 0 Å². The molecule has 0 aliphatic heterocycles. The normalized spacial score (nSPS) is 25.7. The van der Waals surface area contributed by atoms with Gasteiger partial charge in [0, 0.05) is 19.2 Å². The van der Waals surface area contributed by atoms with Crippen molar-refractivity contribution < 1.29 is 14.3 Å². The van der Waals surface area contributed by atoms with E-state index in [1.54, 1.807) is 25.4 Å². The van der Waals surface area contributed by atoms with Crippen molar-refractivity contribution in [1.82, 2.24) is 10.3 Å². The maximum absolute atomic E-state index is 12.2. The standard InChI is InChI=1S/C19H29N3O3/c1-24-10-11-25-18-9-8-17(13-20-18)22-19(23)21-16-7-6-14-4-2-3-5-15(14)12-16/h8-9,13-16H,2-7,10-12H2,1H3,(H2,21,22,23)/t14-,15-,16+/m0/s1. The predicted octanol–water partition coefficient (Wildman–Crippen LogP) is 3.59. The molecule has 0 saturated heterocycles. The Morgan fingerprint density at radius 1 is 1.16 bits per heavy atom. The molecule has 2 aliphatic rings. The lowest BCUT2D eigenvalue weighted by Gasteiger charge is -2.39. The number of pyridine rings is 1. The van der Waals surface area contributed by atoms with Crippen LogP contribution in [0.4, 0.5) is 10.5 Å². The molecule has 138 valence electrons. The molecule has 3 rings (SSSR count). The summed E-state index contributed by atoms with van der Waals surface area (Å²) >= 11 is 0. The highest BCUT2D eigenvalue weighted by Gasteiger charge is 2.32. The summed E-state index contributed by atoms with van der Waals surface area (Å²) in [6.07, 6.45) is 10.5. The van der Waals surface area contributed by atoms with Crippen molar-refractivity contribution >= 4 is 11.7 Å². The Bertz CT molecular complexity index is 549. The molecule has 1 aromatic rings. The number of nitrogens with zero attached hydrogens (tertiary/aromatic N) is 1. The lowest BCUT2D eigenvalue weighted by atomic mass is 9.69. The first kappa shape index (κ1) is 18.0. The molecular weight excluding hydrogens is 318 g/mol. The number of carbonyl (C=O) groups is 1. The summed E-state index contributed by atoms with van der Waals surface area (Å²) in [6, 6.07) is 3.70. The maximum Gasteiger partial charge on any atom is 0.319 e. The summed E-state index contributed by atoms with van der Waals surface area (Å²) in [7, 11) is 1.63. The number of rotatable bonds is 6. The van der Waals surface area contributed by atoms with Crippen LogP contribution in [-0.4, -0.2) is 37.4 Å². The number of aromatic nitrogens is 1. The van der Waals surface area contributed by atoms with Crippen molar-refractivity contribution in [2.45, 2.75) is 51.0 Å². The Labute approximate surface area is 149 Å². The monoisotopic (exact) mass is 347 g/mol. The Hall–Kier alpha value is -1.82. The molecule has 3 atom stereocenters. The minimum absolute atomic E-state index is 0.144. The van der Waals surface area contributed by atoms with Crippen LogP contribution in [0.1, 0.15) is 44.9 Å². The van der Waals surface area contributed by atoms with Crippen molar-refractivity contribution in [3.05, 3.63) is 18.3 Å². The lowest BCUT2D eigenvalue weighted by molar-refractivity contribution is 0.144. The van der Waals surface area contributed by atoms with E-state index >= 15 is 0 Å². The maximum atomic E-state index is 12.2. The summed E-state index contributed by atoms with van der Waals surface area (Å²) < 4.78 is 10.3. The van der Waals surface area contributed by atoms with Crippen LogP contribution in [-0.2, 0) is 4.74 Å². The SMILES string of the molecule is COCCOc1ccc(NC(=O)N[C@@H]2CC[C@@H]3CCCC[C@H]3C2)cn1. The molecule has 1 heterocycles. The Balaban J connectivity index is 1.43. The van der Waals surface area contributed by atoms with E-state index in [2.05, 4.69) is 15.6 Å². The molecule has 2 amide bonds. The topological polar surface area (TPSA) is 72.5 Å². The highest BCUT2D eigenvalue weighted by Crippen LogP contribution is 2.40. The molecule has 2 aliphatic carbocycles. The third-order valence-corrected chi connectivity index (χ3v) is 5.41. The quantitative estimate of drug-likeness (QED) is 0.772. The van der Waals surface area contributed by atoms with Crippen LogP contribution in [0.5, 0.6) is 5.88 Å². The van der Waals surface area contributed by atoms with Gasteiger partial charge in [-0.05, 0) is 37.2 Å². The van der Waals surface area contributed by atoms with Crippen molar-refractivity contribution in [3.63, 3.8) is 0 Å². The van der Waals surface area contributed by atoms with E-state index in [0.29, 0.717) is 30.8 Å². The second kappa shape index (κ2) is 9.04. The fourth-order valence-electron chi connectivity index (χ4n) is 4.13. The van der Waals surface area contributed by atoms with Crippen LogP contribution in [0, 0.1) is 11.8 Å². The van der Waals surface area contributed by atoms with Gasteiger partial charge in [-0.3, -0.25) is 0 Å². The zero-order valence-corrected chi connectivity index (χ0v) is 15.0. The Morgan fingerprint density at radius 2 is 2.00 bits per heavy atom. The number of fused-ring (bicyclic) bond motifs is 1. The van der Waals surface area contributed by atoms with E-state index in [4.69, 9.17) is 9.47 Å². The summed E-state index contributed by atoms with van der Waals surface area (Å²) in [4.78, 5) is 16.4. The average molecular weight is 347 g/mol. The number of anilines is 1. The van der Waals surface area contributed by atoms with Gasteiger partial charge in [0.25, 0.3) is 0 Å². The van der Waals surface area contributed by atoms with E-state index in [9.17, 15) is 4.79 Å². The van der Waals surface area contributed by atoms with E-state index in [0.717, 1.165) is 24.7 Å². The van der Waals surface area contributed by atoms with E-state index in [1.807, 2.05) is 0 Å². The minimum Gasteiger partial charge on any atom is -0.475 e. The van der Waals surface area contributed by atoms with Crippen molar-refractivity contribution in [2.75, 3.05) is 25.6 Å². The van der Waals surface area contributed by atoms with Gasteiger partial charge in [-0.1, -0.05) is 25.7 Å². The van der Waals surface area contributed by atoms with Crippen LogP contribution >= 0.6 is 0 Å². The van der Waals surface area contributed by atoms with Gasteiger partial charge in [-0.15, -0.1) is 0 Å². The number of urea groups is 1. The molecule has 2 fully saturated rings. The largest absolute Gasteiger partial charge is 0.475 e. The number of methoxy groups -OCH3 is 1. The third-order valence-electron chi connectivity index (χ3n) is 5.41. The van der Waals surface area contributed by atoms with Crippen LogP contribution in [0.25, 0.3) is 0 Å². The summed E-state index contributed by atoms with van der Waals surface area (Å²) in [5.74, 6) is 2.22. The molecule has 6 heteroatoms. The molecule has 0 bridgehead atoms. The van der Waals surface area contributed by atoms with E-state index in [-0.39, 0.29) is 6.03 Å². The number of hydrogen-bond donors (Lipinski definition) is 2. The predicted molar refractivity (Wildman–Crippen MR) is 96.8 cm³/mol. The van der Waals surface area contributed by atoms with E-state index < -0.39 is 0 Å². The molecule has 0 radical (unpaired) electrons. The molecule has 6 nitrogen and oxygen atoms in total. The number of amides is 2. The first-order chi connectivity index (χ1) is 12.2. The summed E-state index contributed by atoms with van der Waals surface area (Å²) in [5.41, 5.74) is 0.669. The number of hydrogen-bond acceptors (Lipinski definition) is 4. The van der Waals surface area contributed by atoms with Crippen molar-refractivity contribution in [3.8, 4) is 5.88 Å². The van der Waals surface area contributed by atoms with Crippen LogP contribution < -0.4 is 15.4 Å². The van der Waals surface area contributed by atoms with Crippen molar-refractivity contribution in [2.24, 2.45) is 11.8 Å². The molecule has 2 N–H and O–H groups in total. The fourth-order valence-corrected chi connectivity index (χ4v) is 4.13. The first-order valence-electron chi connectivity index (χ1n) is 9.40. The molecule has 2 saturated carbocycles. The molecule has 0 unspecified atom stereocenters. The zero-order valence-electron chi connectivity index (χ0n) is 15.0. The van der Waals surface area contributed by atoms with Gasteiger partial charge >= 0.3 is 6.03 Å². The van der Waals surface area contributed by atoms with Crippen molar-refractivity contribution in [1.29, 1.82) is 0 Å². The van der Waals surface area contributed by atoms with Gasteiger partial charge in [-0.25, -0.2) is 9.78 Å². The van der Waals surface area contributed by atoms with Crippen LogP contribution in [0.15, 0.2) is 18.3 Å². The number of ether oxygens (including phenoxy) is 2. The molecular formula is C19H29N3O3.